The quantitative estimate of drug-likeness (QED) is 0.480. The van der Waals surface area contributed by atoms with Gasteiger partial charge in [0.05, 0.1) is 0 Å². The molecular formula is C19H20O5. The molecule has 0 aliphatic carbocycles. The van der Waals surface area contributed by atoms with Crippen LogP contribution in [0.1, 0.15) is 33.3 Å². The van der Waals surface area contributed by atoms with Crippen LogP contribution >= 0.6 is 0 Å². The van der Waals surface area contributed by atoms with Gasteiger partial charge in [0, 0.05) is 29.0 Å². The molecule has 1 aromatic heterocycles. The highest BCUT2D eigenvalue weighted by molar-refractivity contribution is 5.88. The topological polar surface area (TPSA) is 65.7 Å². The molecule has 0 N–H and O–H groups in total. The van der Waals surface area contributed by atoms with Gasteiger partial charge in [-0.25, -0.2) is 9.59 Å². The minimum absolute atomic E-state index is 0.371. The van der Waals surface area contributed by atoms with Crippen LogP contribution in [0.25, 0.3) is 11.0 Å². The fourth-order valence-corrected chi connectivity index (χ4v) is 2.76. The molecular weight excluding hydrogens is 308 g/mol. The van der Waals surface area contributed by atoms with Gasteiger partial charge in [-0.1, -0.05) is 6.08 Å². The molecule has 24 heavy (non-hydrogen) atoms. The van der Waals surface area contributed by atoms with Crippen molar-refractivity contribution < 1.29 is 18.7 Å². The third-order valence-corrected chi connectivity index (χ3v) is 4.39. The minimum atomic E-state index is -0.681. The van der Waals surface area contributed by atoms with Crippen molar-refractivity contribution >= 4 is 16.9 Å². The first-order chi connectivity index (χ1) is 11.3. The van der Waals surface area contributed by atoms with Crippen LogP contribution in [0.2, 0.25) is 0 Å². The Balaban J connectivity index is 2.04. The Kier molecular flexibility index (Phi) is 3.95. The summed E-state index contributed by atoms with van der Waals surface area (Å²) in [6, 6.07) is 6.81. The summed E-state index contributed by atoms with van der Waals surface area (Å²) in [6.45, 7) is 7.26. The fraction of sp³-hybridized carbons (Fsp3) is 0.368. The van der Waals surface area contributed by atoms with Crippen molar-refractivity contribution in [3.8, 4) is 5.75 Å². The van der Waals surface area contributed by atoms with Crippen LogP contribution in [0.4, 0.5) is 0 Å². The molecule has 1 aliphatic rings. The van der Waals surface area contributed by atoms with Crippen LogP contribution < -0.4 is 10.4 Å². The average molecular weight is 328 g/mol. The molecule has 0 fully saturated rings. The Bertz CT molecular complexity index is 888. The number of hydrogen-bond donors (Lipinski definition) is 0. The highest BCUT2D eigenvalue weighted by atomic mass is 16.6. The van der Waals surface area contributed by atoms with Crippen molar-refractivity contribution in [3.63, 3.8) is 0 Å². The molecule has 126 valence electrons. The van der Waals surface area contributed by atoms with Crippen LogP contribution in [0.3, 0.4) is 0 Å². The first kappa shape index (κ1) is 16.3. The number of esters is 1. The third-order valence-electron chi connectivity index (χ3n) is 4.39. The first-order valence-electron chi connectivity index (χ1n) is 7.90. The molecule has 0 radical (unpaired) electrons. The van der Waals surface area contributed by atoms with Gasteiger partial charge in [0.2, 0.25) is 0 Å². The number of hydrogen-bond acceptors (Lipinski definition) is 5. The van der Waals surface area contributed by atoms with E-state index in [0.29, 0.717) is 23.3 Å². The number of benzene rings is 1. The van der Waals surface area contributed by atoms with Crippen molar-refractivity contribution in [1.29, 1.82) is 0 Å². The van der Waals surface area contributed by atoms with Crippen LogP contribution in [-0.2, 0) is 16.0 Å². The van der Waals surface area contributed by atoms with Gasteiger partial charge in [-0.3, -0.25) is 0 Å². The molecule has 3 rings (SSSR count). The number of fused-ring (bicyclic) bond motifs is 3. The standard InChI is InChI=1S/C19H20O5/c1-5-11(2)18(21)22-15-10-13-14(24-19(15,3)4)8-6-12-7-9-16(20)23-17(12)13/h5-9,15H,10H2,1-4H3/b11-5+/t15-/m1/s1. The molecule has 1 aliphatic heterocycles. The predicted octanol–water partition coefficient (Wildman–Crippen LogP) is 3.38. The SMILES string of the molecule is C/C=C(\C)C(=O)O[C@@H]1Cc2c(ccc3ccc(=O)oc23)OC1(C)C. The van der Waals surface area contributed by atoms with Crippen molar-refractivity contribution in [2.75, 3.05) is 0 Å². The molecule has 0 bridgehead atoms. The molecule has 5 nitrogen and oxygen atoms in total. The lowest BCUT2D eigenvalue weighted by Gasteiger charge is -2.39. The maximum Gasteiger partial charge on any atom is 0.336 e. The summed E-state index contributed by atoms with van der Waals surface area (Å²) in [4.78, 5) is 23.7. The monoisotopic (exact) mass is 328 g/mol. The second-order valence-corrected chi connectivity index (χ2v) is 6.49. The molecule has 0 unspecified atom stereocenters. The van der Waals surface area contributed by atoms with E-state index in [0.717, 1.165) is 10.9 Å². The lowest BCUT2D eigenvalue weighted by atomic mass is 9.90. The van der Waals surface area contributed by atoms with E-state index in [4.69, 9.17) is 13.9 Å². The minimum Gasteiger partial charge on any atom is -0.484 e. The summed E-state index contributed by atoms with van der Waals surface area (Å²) in [5.41, 5.74) is 0.680. The van der Waals surface area contributed by atoms with E-state index in [9.17, 15) is 9.59 Å². The molecule has 5 heteroatoms. The normalized spacial score (nSPS) is 19.5. The first-order valence-corrected chi connectivity index (χ1v) is 7.90. The number of ether oxygens (including phenoxy) is 2. The number of carbonyl (C=O) groups is 1. The summed E-state index contributed by atoms with van der Waals surface area (Å²) >= 11 is 0. The zero-order chi connectivity index (χ0) is 17.5. The molecule has 2 aromatic rings. The predicted molar refractivity (Wildman–Crippen MR) is 90.2 cm³/mol. The van der Waals surface area contributed by atoms with Crippen LogP contribution in [-0.4, -0.2) is 17.7 Å². The molecule has 0 saturated heterocycles. The van der Waals surface area contributed by atoms with Gasteiger partial charge < -0.3 is 13.9 Å². The van der Waals surface area contributed by atoms with Gasteiger partial charge in [0.1, 0.15) is 23.0 Å². The lowest BCUT2D eigenvalue weighted by molar-refractivity contribution is -0.156. The average Bonchev–Trinajstić information content (AvgIpc) is 2.54. The Morgan fingerprint density at radius 2 is 2.00 bits per heavy atom. The Morgan fingerprint density at radius 1 is 1.29 bits per heavy atom. The van der Waals surface area contributed by atoms with E-state index < -0.39 is 17.3 Å². The maximum atomic E-state index is 12.1. The van der Waals surface area contributed by atoms with Gasteiger partial charge in [0.15, 0.2) is 0 Å². The van der Waals surface area contributed by atoms with E-state index in [1.807, 2.05) is 26.0 Å². The summed E-state index contributed by atoms with van der Waals surface area (Å²) in [5.74, 6) is 0.279. The van der Waals surface area contributed by atoms with Gasteiger partial charge >= 0.3 is 11.6 Å². The smallest absolute Gasteiger partial charge is 0.336 e. The summed E-state index contributed by atoms with van der Waals surface area (Å²) in [5, 5.41) is 0.811. The van der Waals surface area contributed by atoms with Crippen molar-refractivity contribution in [3.05, 3.63) is 51.9 Å². The zero-order valence-corrected chi connectivity index (χ0v) is 14.2. The highest BCUT2D eigenvalue weighted by Gasteiger charge is 2.41. The van der Waals surface area contributed by atoms with Gasteiger partial charge in [-0.05, 0) is 45.9 Å². The number of carbonyl (C=O) groups excluding carboxylic acids is 1. The second-order valence-electron chi connectivity index (χ2n) is 6.49. The van der Waals surface area contributed by atoms with Crippen molar-refractivity contribution in [2.45, 2.75) is 45.8 Å². The zero-order valence-electron chi connectivity index (χ0n) is 14.2. The molecule has 1 atom stereocenters. The molecule has 0 saturated carbocycles. The van der Waals surface area contributed by atoms with Gasteiger partial charge in [0.25, 0.3) is 0 Å². The summed E-state index contributed by atoms with van der Waals surface area (Å²) in [7, 11) is 0. The van der Waals surface area contributed by atoms with Gasteiger partial charge in [-0.2, -0.15) is 0 Å². The summed E-state index contributed by atoms with van der Waals surface area (Å²) in [6.07, 6.45) is 1.65. The molecule has 0 spiro atoms. The third kappa shape index (κ3) is 2.82. The molecule has 1 aromatic carbocycles. The Morgan fingerprint density at radius 3 is 2.71 bits per heavy atom. The Hall–Kier alpha value is -2.56. The van der Waals surface area contributed by atoms with Crippen molar-refractivity contribution in [1.82, 2.24) is 0 Å². The largest absolute Gasteiger partial charge is 0.484 e. The second kappa shape index (κ2) is 5.82. The fourth-order valence-electron chi connectivity index (χ4n) is 2.76. The van der Waals surface area contributed by atoms with E-state index >= 15 is 0 Å². The summed E-state index contributed by atoms with van der Waals surface area (Å²) < 4.78 is 17.0. The van der Waals surface area contributed by atoms with Crippen LogP contribution in [0, 0.1) is 0 Å². The van der Waals surface area contributed by atoms with E-state index in [1.165, 1.54) is 6.07 Å². The van der Waals surface area contributed by atoms with E-state index in [-0.39, 0.29) is 5.97 Å². The maximum absolute atomic E-state index is 12.1. The number of rotatable bonds is 2. The van der Waals surface area contributed by atoms with E-state index in [1.54, 1.807) is 26.0 Å². The van der Waals surface area contributed by atoms with Gasteiger partial charge in [-0.15, -0.1) is 0 Å². The molecule has 0 amide bonds. The molecule has 2 heterocycles. The lowest BCUT2D eigenvalue weighted by Crippen LogP contribution is -2.49. The number of allylic oxidation sites excluding steroid dienone is 1. The van der Waals surface area contributed by atoms with Crippen molar-refractivity contribution in [2.24, 2.45) is 0 Å². The van der Waals surface area contributed by atoms with E-state index in [2.05, 4.69) is 0 Å². The highest BCUT2D eigenvalue weighted by Crippen LogP contribution is 2.38. The Labute approximate surface area is 139 Å². The van der Waals surface area contributed by atoms with Crippen LogP contribution in [0.15, 0.2) is 45.1 Å². The van der Waals surface area contributed by atoms with Crippen LogP contribution in [0.5, 0.6) is 5.75 Å².